The molecule has 2 aromatic heterocycles. The number of nitrogens with one attached hydrogen (secondary N) is 1. The first-order valence-corrected chi connectivity index (χ1v) is 9.97. The van der Waals surface area contributed by atoms with E-state index in [1.54, 1.807) is 6.20 Å². The van der Waals surface area contributed by atoms with Gasteiger partial charge in [0.2, 0.25) is 0 Å². The molecule has 152 valence electrons. The lowest BCUT2D eigenvalue weighted by Crippen LogP contribution is -2.36. The number of nitrogens with two attached hydrogens (primary N) is 2. The number of H-pyrrole nitrogens is 1. The molecule has 0 atom stereocenters. The van der Waals surface area contributed by atoms with Crippen molar-refractivity contribution in [3.05, 3.63) is 53.9 Å². The van der Waals surface area contributed by atoms with Crippen LogP contribution in [0.1, 0.15) is 16.1 Å². The van der Waals surface area contributed by atoms with Gasteiger partial charge in [-0.15, -0.1) is 0 Å². The minimum absolute atomic E-state index is 0.236. The average Bonchev–Trinajstić information content (AvgIpc) is 3.14. The number of aromatic amines is 1. The van der Waals surface area contributed by atoms with Gasteiger partial charge in [0.1, 0.15) is 0 Å². The number of carbonyl (C=O) groups is 1. The van der Waals surface area contributed by atoms with Crippen molar-refractivity contribution in [3.63, 3.8) is 0 Å². The molecule has 0 bridgehead atoms. The second-order valence-corrected chi connectivity index (χ2v) is 7.61. The number of benzene rings is 2. The molecule has 5 N–H and O–H groups in total. The molecule has 3 heterocycles. The Morgan fingerprint density at radius 3 is 2.73 bits per heavy atom. The summed E-state index contributed by atoms with van der Waals surface area (Å²) in [5.41, 5.74) is 18.3. The Morgan fingerprint density at radius 2 is 1.97 bits per heavy atom. The topological polar surface area (TPSA) is 110 Å². The Hall–Kier alpha value is -3.58. The van der Waals surface area contributed by atoms with Crippen LogP contribution in [0.4, 0.5) is 11.4 Å². The summed E-state index contributed by atoms with van der Waals surface area (Å²) < 4.78 is 5.46. The lowest BCUT2D eigenvalue weighted by molar-refractivity contribution is 0.0997. The summed E-state index contributed by atoms with van der Waals surface area (Å²) in [6.07, 6.45) is 1.72. The molecule has 0 unspecified atom stereocenters. The van der Waals surface area contributed by atoms with Crippen molar-refractivity contribution >= 4 is 39.1 Å². The molecular weight excluding hydrogens is 378 g/mol. The highest BCUT2D eigenvalue weighted by Crippen LogP contribution is 2.38. The SMILES string of the molecule is Cc1c(N)cccc1-c1cnc(C(N)=O)c2[nH]c3cc(N4CCOCC4)ccc3c12. The Kier molecular flexibility index (Phi) is 4.33. The molecule has 7 heteroatoms. The highest BCUT2D eigenvalue weighted by Gasteiger charge is 2.20. The smallest absolute Gasteiger partial charge is 0.269 e. The number of hydrogen-bond acceptors (Lipinski definition) is 5. The summed E-state index contributed by atoms with van der Waals surface area (Å²) in [5, 5.41) is 1.94. The fourth-order valence-electron chi connectivity index (χ4n) is 4.26. The largest absolute Gasteiger partial charge is 0.398 e. The molecule has 1 fully saturated rings. The third kappa shape index (κ3) is 2.86. The fourth-order valence-corrected chi connectivity index (χ4v) is 4.26. The molecule has 4 aromatic rings. The molecule has 1 amide bonds. The van der Waals surface area contributed by atoms with Crippen LogP contribution in [0, 0.1) is 6.92 Å². The van der Waals surface area contributed by atoms with E-state index in [-0.39, 0.29) is 5.69 Å². The van der Waals surface area contributed by atoms with E-state index in [1.807, 2.05) is 25.1 Å². The van der Waals surface area contributed by atoms with Crippen LogP contribution in [0.15, 0.2) is 42.6 Å². The number of fused-ring (bicyclic) bond motifs is 3. The lowest BCUT2D eigenvalue weighted by atomic mass is 9.96. The van der Waals surface area contributed by atoms with E-state index in [1.165, 1.54) is 0 Å². The van der Waals surface area contributed by atoms with Crippen LogP contribution in [-0.4, -0.2) is 42.2 Å². The molecule has 1 saturated heterocycles. The van der Waals surface area contributed by atoms with E-state index in [2.05, 4.69) is 33.1 Å². The molecular formula is C23H23N5O2. The minimum atomic E-state index is -0.559. The van der Waals surface area contributed by atoms with Gasteiger partial charge in [0, 0.05) is 52.5 Å². The number of pyridine rings is 1. The molecule has 1 aliphatic heterocycles. The molecule has 0 spiro atoms. The quantitative estimate of drug-likeness (QED) is 0.457. The van der Waals surface area contributed by atoms with Crippen LogP contribution in [0.5, 0.6) is 0 Å². The van der Waals surface area contributed by atoms with Crippen molar-refractivity contribution in [2.45, 2.75) is 6.92 Å². The van der Waals surface area contributed by atoms with E-state index >= 15 is 0 Å². The van der Waals surface area contributed by atoms with E-state index in [0.29, 0.717) is 11.2 Å². The number of primary amides is 1. The van der Waals surface area contributed by atoms with Crippen molar-refractivity contribution in [3.8, 4) is 11.1 Å². The Balaban J connectivity index is 1.78. The van der Waals surface area contributed by atoms with Crippen LogP contribution in [0.2, 0.25) is 0 Å². The van der Waals surface area contributed by atoms with Crippen molar-refractivity contribution in [2.75, 3.05) is 36.9 Å². The van der Waals surface area contributed by atoms with Gasteiger partial charge in [0.05, 0.1) is 18.7 Å². The second kappa shape index (κ2) is 7.03. The van der Waals surface area contributed by atoms with Crippen LogP contribution in [-0.2, 0) is 4.74 Å². The number of ether oxygens (including phenoxy) is 1. The molecule has 30 heavy (non-hydrogen) atoms. The van der Waals surface area contributed by atoms with Crippen molar-refractivity contribution in [1.29, 1.82) is 0 Å². The predicted octanol–water partition coefficient (Wildman–Crippen LogP) is 3.21. The van der Waals surface area contributed by atoms with Gasteiger partial charge in [0.25, 0.3) is 5.91 Å². The van der Waals surface area contributed by atoms with Gasteiger partial charge in [-0.25, -0.2) is 4.98 Å². The summed E-state index contributed by atoms with van der Waals surface area (Å²) in [5.74, 6) is -0.559. The zero-order valence-electron chi connectivity index (χ0n) is 16.7. The van der Waals surface area contributed by atoms with Crippen LogP contribution >= 0.6 is 0 Å². The number of morpholine rings is 1. The first-order chi connectivity index (χ1) is 14.5. The average molecular weight is 401 g/mol. The first-order valence-electron chi connectivity index (χ1n) is 9.97. The number of anilines is 2. The van der Waals surface area contributed by atoms with E-state index in [4.69, 9.17) is 16.2 Å². The third-order valence-corrected chi connectivity index (χ3v) is 5.89. The van der Waals surface area contributed by atoms with Crippen molar-refractivity contribution in [2.24, 2.45) is 5.73 Å². The highest BCUT2D eigenvalue weighted by molar-refractivity contribution is 6.19. The zero-order valence-corrected chi connectivity index (χ0v) is 16.7. The van der Waals surface area contributed by atoms with Crippen LogP contribution in [0.3, 0.4) is 0 Å². The summed E-state index contributed by atoms with van der Waals surface area (Å²) >= 11 is 0. The number of rotatable bonds is 3. The van der Waals surface area contributed by atoms with E-state index < -0.39 is 5.91 Å². The van der Waals surface area contributed by atoms with Gasteiger partial charge in [-0.05, 0) is 36.2 Å². The van der Waals surface area contributed by atoms with E-state index in [0.717, 1.165) is 65.0 Å². The number of aromatic nitrogens is 2. The van der Waals surface area contributed by atoms with Crippen molar-refractivity contribution in [1.82, 2.24) is 9.97 Å². The number of nitrogen functional groups attached to an aromatic ring is 1. The molecule has 2 aromatic carbocycles. The number of amides is 1. The van der Waals surface area contributed by atoms with E-state index in [9.17, 15) is 4.79 Å². The number of carbonyl (C=O) groups excluding carboxylic acids is 1. The lowest BCUT2D eigenvalue weighted by Gasteiger charge is -2.28. The maximum absolute atomic E-state index is 12.1. The Labute approximate surface area is 173 Å². The minimum Gasteiger partial charge on any atom is -0.398 e. The molecule has 1 aliphatic rings. The fraction of sp³-hybridized carbons (Fsp3) is 0.217. The monoisotopic (exact) mass is 401 g/mol. The summed E-state index contributed by atoms with van der Waals surface area (Å²) in [7, 11) is 0. The van der Waals surface area contributed by atoms with Gasteiger partial charge in [-0.2, -0.15) is 0 Å². The number of hydrogen-bond donors (Lipinski definition) is 3. The highest BCUT2D eigenvalue weighted by atomic mass is 16.5. The Bertz CT molecular complexity index is 1290. The van der Waals surface area contributed by atoms with Crippen molar-refractivity contribution < 1.29 is 9.53 Å². The maximum Gasteiger partial charge on any atom is 0.269 e. The predicted molar refractivity (Wildman–Crippen MR) is 120 cm³/mol. The third-order valence-electron chi connectivity index (χ3n) is 5.89. The molecule has 0 aliphatic carbocycles. The first kappa shape index (κ1) is 18.4. The van der Waals surface area contributed by atoms with Gasteiger partial charge in [0.15, 0.2) is 5.69 Å². The second-order valence-electron chi connectivity index (χ2n) is 7.61. The van der Waals surface area contributed by atoms with Gasteiger partial charge >= 0.3 is 0 Å². The van der Waals surface area contributed by atoms with Gasteiger partial charge < -0.3 is 26.1 Å². The van der Waals surface area contributed by atoms with Crippen LogP contribution < -0.4 is 16.4 Å². The van der Waals surface area contributed by atoms with Gasteiger partial charge in [-0.3, -0.25) is 4.79 Å². The maximum atomic E-state index is 12.1. The molecule has 5 rings (SSSR count). The van der Waals surface area contributed by atoms with Crippen LogP contribution in [0.25, 0.3) is 32.9 Å². The summed E-state index contributed by atoms with van der Waals surface area (Å²) in [6.45, 7) is 5.14. The molecule has 7 nitrogen and oxygen atoms in total. The molecule has 0 radical (unpaired) electrons. The zero-order chi connectivity index (χ0) is 20.8. The summed E-state index contributed by atoms with van der Waals surface area (Å²) in [6, 6.07) is 12.1. The normalized spacial score (nSPS) is 14.5. The standard InChI is InChI=1S/C23H23N5O2/c1-13-15(3-2-4-18(13)24)17-12-26-22(23(25)29)21-20(17)16-6-5-14(11-19(16)27-21)28-7-9-30-10-8-28/h2-6,11-12,27H,7-10,24H2,1H3,(H2,25,29). The summed E-state index contributed by atoms with van der Waals surface area (Å²) in [4.78, 5) is 22.2. The van der Waals surface area contributed by atoms with Gasteiger partial charge in [-0.1, -0.05) is 18.2 Å². The molecule has 0 saturated carbocycles. The Morgan fingerprint density at radius 1 is 1.17 bits per heavy atom. The number of nitrogens with zero attached hydrogens (tertiary/aromatic N) is 2.